The highest BCUT2D eigenvalue weighted by Crippen LogP contribution is 2.22. The molecular formula is C23H20F2N2O3. The van der Waals surface area contributed by atoms with E-state index in [9.17, 15) is 18.4 Å². The zero-order valence-electron chi connectivity index (χ0n) is 16.2. The van der Waals surface area contributed by atoms with Crippen molar-refractivity contribution < 1.29 is 23.1 Å². The highest BCUT2D eigenvalue weighted by Gasteiger charge is 2.12. The molecule has 0 bridgehead atoms. The van der Waals surface area contributed by atoms with Gasteiger partial charge in [-0.25, -0.2) is 0 Å². The third-order valence-corrected chi connectivity index (χ3v) is 4.34. The van der Waals surface area contributed by atoms with E-state index in [2.05, 4.69) is 10.1 Å². The number of rotatable bonds is 7. The first kappa shape index (κ1) is 21.0. The van der Waals surface area contributed by atoms with Crippen LogP contribution in [0.1, 0.15) is 5.56 Å². The first-order valence-corrected chi connectivity index (χ1v) is 9.18. The Bertz CT molecular complexity index is 1060. The average Bonchev–Trinajstić information content (AvgIpc) is 2.73. The molecule has 7 heteroatoms. The highest BCUT2D eigenvalue weighted by atomic mass is 19.3. The zero-order valence-corrected chi connectivity index (χ0v) is 16.2. The quantitative estimate of drug-likeness (QED) is 0.582. The first-order chi connectivity index (χ1) is 14.4. The van der Waals surface area contributed by atoms with Crippen LogP contribution in [0.2, 0.25) is 0 Å². The van der Waals surface area contributed by atoms with Gasteiger partial charge in [0.05, 0.1) is 6.54 Å². The van der Waals surface area contributed by atoms with Crippen LogP contribution in [0.15, 0.2) is 72.8 Å². The van der Waals surface area contributed by atoms with Gasteiger partial charge in [0.15, 0.2) is 0 Å². The minimum atomic E-state index is -2.89. The Morgan fingerprint density at radius 2 is 1.73 bits per heavy atom. The molecule has 3 aromatic carbocycles. The van der Waals surface area contributed by atoms with Crippen molar-refractivity contribution in [3.05, 3.63) is 78.4 Å². The Hall–Kier alpha value is -3.74. The summed E-state index contributed by atoms with van der Waals surface area (Å²) in [5, 5.41) is 4.76. The number of ether oxygens (including phenoxy) is 1. The molecule has 3 aromatic rings. The molecule has 0 spiro atoms. The van der Waals surface area contributed by atoms with Crippen LogP contribution in [-0.2, 0) is 9.59 Å². The summed E-state index contributed by atoms with van der Waals surface area (Å²) in [4.78, 5) is 25.9. The van der Waals surface area contributed by atoms with Gasteiger partial charge in [-0.05, 0) is 35.2 Å². The summed E-state index contributed by atoms with van der Waals surface area (Å²) < 4.78 is 28.6. The molecule has 5 nitrogen and oxygen atoms in total. The number of nitrogens with zero attached hydrogens (tertiary/aromatic N) is 1. The Morgan fingerprint density at radius 1 is 1.03 bits per heavy atom. The molecule has 0 aliphatic rings. The van der Waals surface area contributed by atoms with E-state index in [0.717, 1.165) is 10.8 Å². The number of anilines is 1. The number of benzene rings is 3. The maximum atomic E-state index is 12.4. The van der Waals surface area contributed by atoms with Crippen molar-refractivity contribution in [1.82, 2.24) is 4.90 Å². The standard InChI is InChI=1S/C23H20F2N2O3/c1-27(22(29)14-11-16-9-12-18(13-10-16)30-23(24)25)15-21(28)26-20-8-4-6-17-5-2-3-7-19(17)20/h2-14,23H,15H2,1H3,(H,26,28)/b14-11+. The molecule has 0 saturated heterocycles. The summed E-state index contributed by atoms with van der Waals surface area (Å²) >= 11 is 0. The third kappa shape index (κ3) is 5.64. The molecule has 154 valence electrons. The Kier molecular flexibility index (Phi) is 6.75. The molecule has 0 saturated carbocycles. The van der Waals surface area contributed by atoms with Crippen molar-refractivity contribution in [2.24, 2.45) is 0 Å². The van der Waals surface area contributed by atoms with Crippen molar-refractivity contribution in [3.63, 3.8) is 0 Å². The van der Waals surface area contributed by atoms with Gasteiger partial charge >= 0.3 is 6.61 Å². The smallest absolute Gasteiger partial charge is 0.387 e. The number of halogens is 2. The number of fused-ring (bicyclic) bond motifs is 1. The van der Waals surface area contributed by atoms with Crippen LogP contribution in [0, 0.1) is 0 Å². The molecule has 0 fully saturated rings. The van der Waals surface area contributed by atoms with E-state index in [4.69, 9.17) is 0 Å². The number of amides is 2. The number of hydrogen-bond donors (Lipinski definition) is 1. The zero-order chi connectivity index (χ0) is 21.5. The van der Waals surface area contributed by atoms with Crippen molar-refractivity contribution in [2.45, 2.75) is 6.61 Å². The van der Waals surface area contributed by atoms with Gasteiger partial charge in [0, 0.05) is 24.2 Å². The monoisotopic (exact) mass is 410 g/mol. The fraction of sp³-hybridized carbons (Fsp3) is 0.130. The van der Waals surface area contributed by atoms with Gasteiger partial charge in [0.2, 0.25) is 11.8 Å². The summed E-state index contributed by atoms with van der Waals surface area (Å²) in [5.41, 5.74) is 1.32. The van der Waals surface area contributed by atoms with Crippen molar-refractivity contribution in [3.8, 4) is 5.75 Å². The Morgan fingerprint density at radius 3 is 2.47 bits per heavy atom. The first-order valence-electron chi connectivity index (χ1n) is 9.18. The second kappa shape index (κ2) is 9.65. The van der Waals surface area contributed by atoms with Gasteiger partial charge < -0.3 is 15.0 Å². The average molecular weight is 410 g/mol. The fourth-order valence-electron chi connectivity index (χ4n) is 2.87. The van der Waals surface area contributed by atoms with E-state index in [1.807, 2.05) is 42.5 Å². The molecule has 0 aliphatic carbocycles. The van der Waals surface area contributed by atoms with E-state index in [0.29, 0.717) is 11.3 Å². The van der Waals surface area contributed by atoms with E-state index < -0.39 is 6.61 Å². The summed E-state index contributed by atoms with van der Waals surface area (Å²) in [6, 6.07) is 19.2. The van der Waals surface area contributed by atoms with Crippen LogP contribution in [0.3, 0.4) is 0 Å². The lowest BCUT2D eigenvalue weighted by atomic mass is 10.1. The van der Waals surface area contributed by atoms with Crippen LogP contribution in [0.5, 0.6) is 5.75 Å². The fourth-order valence-corrected chi connectivity index (χ4v) is 2.87. The Balaban J connectivity index is 1.57. The van der Waals surface area contributed by atoms with E-state index in [1.54, 1.807) is 12.1 Å². The molecule has 0 atom stereocenters. The van der Waals surface area contributed by atoms with Crippen LogP contribution in [-0.4, -0.2) is 36.9 Å². The molecular weight excluding hydrogens is 390 g/mol. The van der Waals surface area contributed by atoms with E-state index in [1.165, 1.54) is 36.2 Å². The number of carbonyl (C=O) groups excluding carboxylic acids is 2. The lowest BCUT2D eigenvalue weighted by molar-refractivity contribution is -0.129. The number of carbonyl (C=O) groups is 2. The van der Waals surface area contributed by atoms with Crippen molar-refractivity contribution in [1.29, 1.82) is 0 Å². The van der Waals surface area contributed by atoms with Crippen LogP contribution < -0.4 is 10.1 Å². The molecule has 1 N–H and O–H groups in total. The summed E-state index contributed by atoms with van der Waals surface area (Å²) in [5.74, 6) is -0.643. The molecule has 0 heterocycles. The van der Waals surface area contributed by atoms with E-state index in [-0.39, 0.29) is 24.1 Å². The molecule has 3 rings (SSSR count). The largest absolute Gasteiger partial charge is 0.435 e. The molecule has 30 heavy (non-hydrogen) atoms. The predicted molar refractivity (Wildman–Crippen MR) is 112 cm³/mol. The number of hydrogen-bond acceptors (Lipinski definition) is 3. The molecule has 2 amide bonds. The molecule has 0 unspecified atom stereocenters. The van der Waals surface area contributed by atoms with Gasteiger partial charge in [-0.1, -0.05) is 48.5 Å². The molecule has 0 aromatic heterocycles. The van der Waals surface area contributed by atoms with Gasteiger partial charge in [-0.2, -0.15) is 8.78 Å². The summed E-state index contributed by atoms with van der Waals surface area (Å²) in [6.45, 7) is -3.00. The second-order valence-corrected chi connectivity index (χ2v) is 6.55. The van der Waals surface area contributed by atoms with Crippen molar-refractivity contribution in [2.75, 3.05) is 18.9 Å². The van der Waals surface area contributed by atoms with Gasteiger partial charge in [0.1, 0.15) is 5.75 Å². The SMILES string of the molecule is CN(CC(=O)Nc1cccc2ccccc12)C(=O)/C=C/c1ccc(OC(F)F)cc1. The molecule has 0 radical (unpaired) electrons. The van der Waals surface area contributed by atoms with Gasteiger partial charge in [0.25, 0.3) is 0 Å². The van der Waals surface area contributed by atoms with Crippen molar-refractivity contribution >= 4 is 34.4 Å². The van der Waals surface area contributed by atoms with E-state index >= 15 is 0 Å². The summed E-state index contributed by atoms with van der Waals surface area (Å²) in [6.07, 6.45) is 2.85. The number of likely N-dealkylation sites (N-methyl/N-ethyl adjacent to an activating group) is 1. The van der Waals surface area contributed by atoms with Crippen LogP contribution in [0.4, 0.5) is 14.5 Å². The van der Waals surface area contributed by atoms with Gasteiger partial charge in [-0.3, -0.25) is 9.59 Å². The normalized spacial score (nSPS) is 11.1. The minimum absolute atomic E-state index is 0.0377. The topological polar surface area (TPSA) is 58.6 Å². The third-order valence-electron chi connectivity index (χ3n) is 4.34. The van der Waals surface area contributed by atoms with Gasteiger partial charge in [-0.15, -0.1) is 0 Å². The number of nitrogens with one attached hydrogen (secondary N) is 1. The van der Waals surface area contributed by atoms with Crippen LogP contribution >= 0.6 is 0 Å². The minimum Gasteiger partial charge on any atom is -0.435 e. The lowest BCUT2D eigenvalue weighted by Crippen LogP contribution is -2.33. The lowest BCUT2D eigenvalue weighted by Gasteiger charge is -2.15. The highest BCUT2D eigenvalue weighted by molar-refractivity contribution is 6.04. The Labute approximate surface area is 172 Å². The predicted octanol–water partition coefficient (Wildman–Crippen LogP) is 4.55. The number of alkyl halides is 2. The maximum Gasteiger partial charge on any atom is 0.387 e. The molecule has 0 aliphatic heterocycles. The second-order valence-electron chi connectivity index (χ2n) is 6.55. The maximum absolute atomic E-state index is 12.4. The summed E-state index contributed by atoms with van der Waals surface area (Å²) in [7, 11) is 1.52. The van der Waals surface area contributed by atoms with Crippen LogP contribution in [0.25, 0.3) is 16.8 Å².